The van der Waals surface area contributed by atoms with Gasteiger partial charge in [-0.3, -0.25) is 14.9 Å². The Labute approximate surface area is 176 Å². The summed E-state index contributed by atoms with van der Waals surface area (Å²) in [6.45, 7) is 6.06. The van der Waals surface area contributed by atoms with Gasteiger partial charge in [-0.2, -0.15) is 0 Å². The smallest absolute Gasteiger partial charge is 0.324 e. The Morgan fingerprint density at radius 1 is 1.33 bits per heavy atom. The van der Waals surface area contributed by atoms with Gasteiger partial charge in [-0.05, 0) is 43.5 Å². The fraction of sp³-hybridized carbons (Fsp3) is 0.500. The molecule has 0 unspecified atom stereocenters. The summed E-state index contributed by atoms with van der Waals surface area (Å²) in [5, 5.41) is 5.37. The Bertz CT molecular complexity index is 780. The second-order valence-electron chi connectivity index (χ2n) is 7.61. The molecule has 3 amide bonds. The molecule has 7 nitrogen and oxygen atoms in total. The van der Waals surface area contributed by atoms with Crippen LogP contribution in [0.3, 0.4) is 0 Å². The van der Waals surface area contributed by atoms with Gasteiger partial charge in [0.15, 0.2) is 17.3 Å². The van der Waals surface area contributed by atoms with E-state index in [1.54, 1.807) is 4.90 Å². The molecule has 0 radical (unpaired) electrons. The van der Waals surface area contributed by atoms with Gasteiger partial charge in [0.2, 0.25) is 5.91 Å². The number of ketones is 1. The number of amides is 3. The zero-order valence-corrected chi connectivity index (χ0v) is 17.6. The quantitative estimate of drug-likeness (QED) is 0.309. The Balaban J connectivity index is 1.63. The van der Waals surface area contributed by atoms with Gasteiger partial charge < -0.3 is 15.0 Å². The van der Waals surface area contributed by atoms with E-state index in [1.165, 1.54) is 18.2 Å². The lowest BCUT2D eigenvalue weighted by molar-refractivity contribution is -0.121. The first kappa shape index (κ1) is 23.5. The topological polar surface area (TPSA) is 87.7 Å². The van der Waals surface area contributed by atoms with Crippen LogP contribution in [0, 0.1) is 11.7 Å². The highest BCUT2D eigenvalue weighted by molar-refractivity contribution is 5.98. The zero-order valence-electron chi connectivity index (χ0n) is 17.6. The monoisotopic (exact) mass is 419 g/mol. The average Bonchev–Trinajstić information content (AvgIpc) is 2.70. The second kappa shape index (κ2) is 12.1. The predicted octanol–water partition coefficient (Wildman–Crippen LogP) is 2.91. The van der Waals surface area contributed by atoms with E-state index < -0.39 is 5.82 Å². The predicted molar refractivity (Wildman–Crippen MR) is 112 cm³/mol. The van der Waals surface area contributed by atoms with Crippen molar-refractivity contribution in [2.24, 2.45) is 5.92 Å². The molecule has 1 fully saturated rings. The van der Waals surface area contributed by atoms with Crippen LogP contribution in [0.5, 0.6) is 5.75 Å². The van der Waals surface area contributed by atoms with E-state index in [9.17, 15) is 18.8 Å². The minimum Gasteiger partial charge on any atom is -0.490 e. The van der Waals surface area contributed by atoms with Gasteiger partial charge in [0.25, 0.3) is 0 Å². The fourth-order valence-corrected chi connectivity index (χ4v) is 2.79. The van der Waals surface area contributed by atoms with Gasteiger partial charge in [0.1, 0.15) is 0 Å². The lowest BCUT2D eigenvalue weighted by Crippen LogP contribution is -2.49. The second-order valence-corrected chi connectivity index (χ2v) is 7.61. The van der Waals surface area contributed by atoms with E-state index in [-0.39, 0.29) is 35.9 Å². The zero-order chi connectivity index (χ0) is 21.9. The number of nitrogens with zero attached hydrogens (tertiary/aromatic N) is 1. The molecule has 0 atom stereocenters. The van der Waals surface area contributed by atoms with Gasteiger partial charge in [-0.1, -0.05) is 26.0 Å². The fourth-order valence-electron chi connectivity index (χ4n) is 2.79. The maximum absolute atomic E-state index is 13.8. The maximum Gasteiger partial charge on any atom is 0.324 e. The highest BCUT2D eigenvalue weighted by Crippen LogP contribution is 2.20. The lowest BCUT2D eigenvalue weighted by atomic mass is 10.1. The molecule has 0 aromatic heterocycles. The van der Waals surface area contributed by atoms with Crippen LogP contribution in [0.1, 0.15) is 43.5 Å². The number of rotatable bonds is 12. The molecule has 1 aromatic rings. The van der Waals surface area contributed by atoms with Crippen LogP contribution in [0.4, 0.5) is 9.18 Å². The number of imide groups is 1. The van der Waals surface area contributed by atoms with Crippen molar-refractivity contribution in [2.45, 2.75) is 33.1 Å². The third kappa shape index (κ3) is 7.94. The molecular weight excluding hydrogens is 389 g/mol. The van der Waals surface area contributed by atoms with Crippen molar-refractivity contribution in [3.8, 4) is 5.75 Å². The number of carbonyl (C=O) groups is 3. The van der Waals surface area contributed by atoms with Crippen molar-refractivity contribution >= 4 is 17.7 Å². The molecule has 1 aliphatic rings. The summed E-state index contributed by atoms with van der Waals surface area (Å²) >= 11 is 0. The molecule has 30 heavy (non-hydrogen) atoms. The number of allylic oxidation sites excluding steroid dienone is 1. The Morgan fingerprint density at radius 2 is 2.13 bits per heavy atom. The molecule has 0 spiro atoms. The van der Waals surface area contributed by atoms with E-state index >= 15 is 0 Å². The molecule has 2 rings (SSSR count). The summed E-state index contributed by atoms with van der Waals surface area (Å²) in [6, 6.07) is 3.82. The molecule has 2 N–H and O–H groups in total. The summed E-state index contributed by atoms with van der Waals surface area (Å²) in [7, 11) is 0. The van der Waals surface area contributed by atoms with Crippen molar-refractivity contribution in [3.05, 3.63) is 41.7 Å². The number of benzene rings is 1. The number of unbranched alkanes of at least 4 members (excludes halogenated alkanes) is 1. The molecule has 0 bridgehead atoms. The summed E-state index contributed by atoms with van der Waals surface area (Å²) in [5.74, 6) is -0.459. The number of urea groups is 1. The number of Topliss-reactive ketones (excluding diaryl/α,β-unsaturated/α-hetero) is 1. The molecule has 1 aromatic carbocycles. The van der Waals surface area contributed by atoms with Crippen molar-refractivity contribution in [3.63, 3.8) is 0 Å². The summed E-state index contributed by atoms with van der Waals surface area (Å²) in [5.41, 5.74) is 0.417. The van der Waals surface area contributed by atoms with E-state index in [0.717, 1.165) is 12.8 Å². The van der Waals surface area contributed by atoms with E-state index in [0.29, 0.717) is 38.2 Å². The normalized spacial score (nSPS) is 14.5. The molecule has 0 saturated carbocycles. The van der Waals surface area contributed by atoms with Gasteiger partial charge in [-0.15, -0.1) is 0 Å². The number of ether oxygens (including phenoxy) is 1. The minimum absolute atomic E-state index is 0.103. The van der Waals surface area contributed by atoms with Crippen LogP contribution < -0.4 is 15.4 Å². The Hall–Kier alpha value is -2.74. The number of carbonyl (C=O) groups excluding carboxylic acids is 3. The van der Waals surface area contributed by atoms with Crippen LogP contribution in [0.25, 0.3) is 0 Å². The molecule has 1 saturated heterocycles. The standard InChI is InChI=1S/C22H30FN3O4/c1-16(2)15-30-20-13-17(7-8-18(20)23)19(27)14-24-10-5-3-4-6-11-26-12-9-21(28)25-22(26)29/h4,6-8,13,16,24H,3,5,9-12,14-15H2,1-2H3,(H,25,28,29)/b6-4+. The molecule has 8 heteroatoms. The first-order chi connectivity index (χ1) is 14.4. The largest absolute Gasteiger partial charge is 0.490 e. The van der Waals surface area contributed by atoms with Crippen LogP contribution in [0.15, 0.2) is 30.4 Å². The lowest BCUT2D eigenvalue weighted by Gasteiger charge is -2.25. The Kier molecular flexibility index (Phi) is 9.47. The van der Waals surface area contributed by atoms with Crippen LogP contribution in [0.2, 0.25) is 0 Å². The third-order valence-electron chi connectivity index (χ3n) is 4.47. The van der Waals surface area contributed by atoms with Crippen molar-refractivity contribution in [2.75, 3.05) is 32.8 Å². The number of hydrogen-bond donors (Lipinski definition) is 2. The molecular formula is C22H30FN3O4. The van der Waals surface area contributed by atoms with E-state index in [4.69, 9.17) is 4.74 Å². The van der Waals surface area contributed by atoms with Gasteiger partial charge >= 0.3 is 6.03 Å². The number of halogens is 1. The number of hydrogen-bond acceptors (Lipinski definition) is 5. The first-order valence-electron chi connectivity index (χ1n) is 10.3. The highest BCUT2D eigenvalue weighted by atomic mass is 19.1. The molecule has 164 valence electrons. The van der Waals surface area contributed by atoms with Crippen LogP contribution in [-0.4, -0.2) is 55.4 Å². The number of nitrogens with one attached hydrogen (secondary N) is 2. The van der Waals surface area contributed by atoms with Crippen molar-refractivity contribution in [1.82, 2.24) is 15.5 Å². The van der Waals surface area contributed by atoms with Crippen molar-refractivity contribution < 1.29 is 23.5 Å². The Morgan fingerprint density at radius 3 is 2.87 bits per heavy atom. The average molecular weight is 419 g/mol. The molecule has 1 heterocycles. The van der Waals surface area contributed by atoms with Gasteiger partial charge in [0.05, 0.1) is 13.2 Å². The van der Waals surface area contributed by atoms with Crippen molar-refractivity contribution in [1.29, 1.82) is 0 Å². The SMILES string of the molecule is CC(C)COc1cc(C(=O)CNCCC/C=C/CN2CCC(=O)NC2=O)ccc1F. The van der Waals surface area contributed by atoms with Gasteiger partial charge in [-0.25, -0.2) is 9.18 Å². The minimum atomic E-state index is -0.472. The van der Waals surface area contributed by atoms with Crippen LogP contribution in [-0.2, 0) is 4.79 Å². The van der Waals surface area contributed by atoms with Crippen LogP contribution >= 0.6 is 0 Å². The first-order valence-corrected chi connectivity index (χ1v) is 10.3. The highest BCUT2D eigenvalue weighted by Gasteiger charge is 2.21. The maximum atomic E-state index is 13.8. The van der Waals surface area contributed by atoms with E-state index in [1.807, 2.05) is 26.0 Å². The molecule has 1 aliphatic heterocycles. The van der Waals surface area contributed by atoms with Gasteiger partial charge in [0, 0.05) is 25.1 Å². The summed E-state index contributed by atoms with van der Waals surface area (Å²) in [6.07, 6.45) is 5.85. The third-order valence-corrected chi connectivity index (χ3v) is 4.47. The summed E-state index contributed by atoms with van der Waals surface area (Å²) in [4.78, 5) is 36.5. The molecule has 0 aliphatic carbocycles. The van der Waals surface area contributed by atoms with E-state index in [2.05, 4.69) is 10.6 Å². The summed E-state index contributed by atoms with van der Waals surface area (Å²) < 4.78 is 19.2.